The Morgan fingerprint density at radius 2 is 2.08 bits per heavy atom. The monoisotopic (exact) mass is 328 g/mol. The topological polar surface area (TPSA) is 121 Å². The summed E-state index contributed by atoms with van der Waals surface area (Å²) in [5.74, 6) is -0.432. The van der Waals surface area contributed by atoms with Crippen LogP contribution in [0.4, 0.5) is 5.82 Å². The van der Waals surface area contributed by atoms with E-state index in [0.29, 0.717) is 17.0 Å². The molecular formula is C15H16N6O3. The van der Waals surface area contributed by atoms with Crippen LogP contribution in [0.2, 0.25) is 0 Å². The highest BCUT2D eigenvalue weighted by atomic mass is 16.8. The quantitative estimate of drug-likeness (QED) is 0.807. The van der Waals surface area contributed by atoms with E-state index in [2.05, 4.69) is 15.0 Å². The van der Waals surface area contributed by atoms with Crippen molar-refractivity contribution in [3.63, 3.8) is 0 Å². The zero-order valence-electron chi connectivity index (χ0n) is 13.2. The van der Waals surface area contributed by atoms with Gasteiger partial charge in [0, 0.05) is 6.08 Å². The van der Waals surface area contributed by atoms with Crippen molar-refractivity contribution >= 4 is 17.0 Å². The molecule has 2 aromatic rings. The van der Waals surface area contributed by atoms with Crippen molar-refractivity contribution in [3.05, 3.63) is 24.8 Å². The predicted octanol–water partition coefficient (Wildman–Crippen LogP) is 0.906. The summed E-state index contributed by atoms with van der Waals surface area (Å²) < 4.78 is 19.8. The van der Waals surface area contributed by atoms with Crippen LogP contribution in [0, 0.1) is 11.3 Å². The molecule has 0 unspecified atom stereocenters. The van der Waals surface area contributed by atoms with Crippen LogP contribution >= 0.6 is 0 Å². The minimum atomic E-state index is -0.736. The molecule has 4 rings (SSSR count). The van der Waals surface area contributed by atoms with E-state index in [1.807, 2.05) is 19.9 Å². The van der Waals surface area contributed by atoms with Gasteiger partial charge in [0.25, 0.3) is 0 Å². The number of rotatable bonds is 2. The van der Waals surface area contributed by atoms with Gasteiger partial charge in [-0.3, -0.25) is 4.57 Å². The third kappa shape index (κ3) is 2.24. The molecule has 0 amide bonds. The van der Waals surface area contributed by atoms with Crippen LogP contribution in [0.5, 0.6) is 0 Å². The Balaban J connectivity index is 1.75. The molecule has 4 heterocycles. The molecule has 124 valence electrons. The van der Waals surface area contributed by atoms with Gasteiger partial charge in [-0.1, -0.05) is 0 Å². The second-order valence-electron chi connectivity index (χ2n) is 6.13. The number of imidazole rings is 1. The number of nitrogens with two attached hydrogens (primary N) is 1. The summed E-state index contributed by atoms with van der Waals surface area (Å²) in [5.41, 5.74) is 6.91. The molecule has 0 bridgehead atoms. The first-order valence-corrected chi connectivity index (χ1v) is 7.50. The van der Waals surface area contributed by atoms with Gasteiger partial charge in [-0.15, -0.1) is 0 Å². The molecule has 2 aromatic heterocycles. The van der Waals surface area contributed by atoms with Gasteiger partial charge in [-0.05, 0) is 19.9 Å². The number of anilines is 1. The van der Waals surface area contributed by atoms with Crippen molar-refractivity contribution in [2.24, 2.45) is 0 Å². The normalized spacial score (nSPS) is 31.5. The molecule has 0 aliphatic carbocycles. The predicted molar refractivity (Wildman–Crippen MR) is 82.2 cm³/mol. The summed E-state index contributed by atoms with van der Waals surface area (Å²) in [4.78, 5) is 12.5. The van der Waals surface area contributed by atoms with Crippen LogP contribution in [0.3, 0.4) is 0 Å². The first kappa shape index (κ1) is 15.0. The molecule has 2 fully saturated rings. The lowest BCUT2D eigenvalue weighted by atomic mass is 10.1. The summed E-state index contributed by atoms with van der Waals surface area (Å²) >= 11 is 0. The van der Waals surface area contributed by atoms with Crippen molar-refractivity contribution in [1.29, 1.82) is 5.26 Å². The zero-order chi connectivity index (χ0) is 16.9. The molecule has 9 nitrogen and oxygen atoms in total. The maximum absolute atomic E-state index is 8.78. The fourth-order valence-corrected chi connectivity index (χ4v) is 3.18. The van der Waals surface area contributed by atoms with Crippen LogP contribution in [0.25, 0.3) is 11.2 Å². The fraction of sp³-hybridized carbons (Fsp3) is 0.467. The van der Waals surface area contributed by atoms with E-state index >= 15 is 0 Å². The van der Waals surface area contributed by atoms with Gasteiger partial charge in [-0.25, -0.2) is 15.0 Å². The molecule has 2 N–H and O–H groups in total. The van der Waals surface area contributed by atoms with Crippen LogP contribution < -0.4 is 5.73 Å². The van der Waals surface area contributed by atoms with Crippen LogP contribution in [-0.2, 0) is 14.2 Å². The Hall–Kier alpha value is -2.54. The third-order valence-electron chi connectivity index (χ3n) is 4.09. The second kappa shape index (κ2) is 5.24. The Bertz CT molecular complexity index is 855. The number of allylic oxidation sites excluding steroid dienone is 1. The van der Waals surface area contributed by atoms with Gasteiger partial charge in [-0.2, -0.15) is 5.26 Å². The molecular weight excluding hydrogens is 312 g/mol. The average Bonchev–Trinajstić information content (AvgIpc) is 3.17. The number of nitrogens with zero attached hydrogens (tertiary/aromatic N) is 5. The summed E-state index contributed by atoms with van der Waals surface area (Å²) in [6.07, 6.45) is 4.44. The maximum Gasteiger partial charge on any atom is 0.167 e. The van der Waals surface area contributed by atoms with Crippen LogP contribution in [0.15, 0.2) is 24.8 Å². The number of aromatic nitrogens is 4. The molecule has 0 radical (unpaired) electrons. The van der Waals surface area contributed by atoms with E-state index in [0.717, 1.165) is 0 Å². The van der Waals surface area contributed by atoms with Gasteiger partial charge >= 0.3 is 0 Å². The van der Waals surface area contributed by atoms with Gasteiger partial charge in [0.15, 0.2) is 23.5 Å². The summed E-state index contributed by atoms with van der Waals surface area (Å²) in [6, 6.07) is 1.97. The van der Waals surface area contributed by atoms with Gasteiger partial charge in [0.1, 0.15) is 30.2 Å². The smallest absolute Gasteiger partial charge is 0.167 e. The molecule has 4 atom stereocenters. The van der Waals surface area contributed by atoms with Gasteiger partial charge in [0.2, 0.25) is 0 Å². The number of hydrogen-bond acceptors (Lipinski definition) is 8. The number of nitrogen functional groups attached to an aromatic ring is 1. The third-order valence-corrected chi connectivity index (χ3v) is 4.09. The van der Waals surface area contributed by atoms with Crippen molar-refractivity contribution in [3.8, 4) is 6.07 Å². The first-order valence-electron chi connectivity index (χ1n) is 7.50. The Labute approximate surface area is 137 Å². The van der Waals surface area contributed by atoms with Crippen molar-refractivity contribution in [1.82, 2.24) is 19.5 Å². The Morgan fingerprint density at radius 3 is 2.88 bits per heavy atom. The van der Waals surface area contributed by atoms with Crippen LogP contribution in [0.1, 0.15) is 20.1 Å². The van der Waals surface area contributed by atoms with Gasteiger partial charge in [0.05, 0.1) is 12.4 Å². The number of fused-ring (bicyclic) bond motifs is 2. The van der Waals surface area contributed by atoms with Gasteiger partial charge < -0.3 is 19.9 Å². The molecule has 2 saturated heterocycles. The first-order chi connectivity index (χ1) is 11.5. The number of hydrogen-bond donors (Lipinski definition) is 1. The summed E-state index contributed by atoms with van der Waals surface area (Å²) in [6.45, 7) is 3.69. The molecule has 0 aromatic carbocycles. The zero-order valence-corrected chi connectivity index (χ0v) is 13.2. The van der Waals surface area contributed by atoms with Crippen molar-refractivity contribution < 1.29 is 14.2 Å². The van der Waals surface area contributed by atoms with E-state index in [1.54, 1.807) is 17.0 Å². The van der Waals surface area contributed by atoms with E-state index in [9.17, 15) is 0 Å². The van der Waals surface area contributed by atoms with E-state index in [1.165, 1.54) is 12.4 Å². The largest absolute Gasteiger partial charge is 0.382 e. The molecule has 24 heavy (non-hydrogen) atoms. The van der Waals surface area contributed by atoms with Crippen molar-refractivity contribution in [2.45, 2.75) is 44.2 Å². The highest BCUT2D eigenvalue weighted by Gasteiger charge is 2.55. The lowest BCUT2D eigenvalue weighted by Crippen LogP contribution is -2.28. The molecule has 9 heteroatoms. The van der Waals surface area contributed by atoms with E-state index in [4.69, 9.17) is 25.2 Å². The standard InChI is InChI=1S/C15H16N6O3/c1-15(2)23-10-8(4-3-5-16)22-14(11(10)24-15)21-7-20-9-12(17)18-6-19-13(9)21/h3-4,6-8,10-11,14H,1-2H3,(H2,17,18,19)/b4-3-/t8-,10-,11-,14-/m1/s1. The SMILES string of the molecule is CC1(C)O[C@@H]2[C@H](O1)[C@@H](/C=C\C#N)O[C@H]2n1cnc2c(N)ncnc21. The summed E-state index contributed by atoms with van der Waals surface area (Å²) in [7, 11) is 0. The van der Waals surface area contributed by atoms with Crippen LogP contribution in [-0.4, -0.2) is 43.6 Å². The molecule has 0 saturated carbocycles. The highest BCUT2D eigenvalue weighted by Crippen LogP contribution is 2.44. The van der Waals surface area contributed by atoms with E-state index in [-0.39, 0.29) is 12.2 Å². The highest BCUT2D eigenvalue weighted by molar-refractivity contribution is 5.81. The Morgan fingerprint density at radius 1 is 1.29 bits per heavy atom. The molecule has 2 aliphatic rings. The number of ether oxygens (including phenoxy) is 3. The minimum Gasteiger partial charge on any atom is -0.382 e. The Kier molecular flexibility index (Phi) is 3.28. The van der Waals surface area contributed by atoms with Crippen molar-refractivity contribution in [2.75, 3.05) is 5.73 Å². The lowest BCUT2D eigenvalue weighted by molar-refractivity contribution is -0.191. The van der Waals surface area contributed by atoms with E-state index < -0.39 is 18.1 Å². The maximum atomic E-state index is 8.78. The lowest BCUT2D eigenvalue weighted by Gasteiger charge is -2.23. The molecule has 0 spiro atoms. The number of nitriles is 1. The fourth-order valence-electron chi connectivity index (χ4n) is 3.18. The molecule has 2 aliphatic heterocycles. The summed E-state index contributed by atoms with van der Waals surface area (Å²) in [5, 5.41) is 8.78. The second-order valence-corrected chi connectivity index (χ2v) is 6.13. The average molecular weight is 328 g/mol. The minimum absolute atomic E-state index is 0.304.